The molecule has 0 bridgehead atoms. The second kappa shape index (κ2) is 7.51. The molecule has 0 spiro atoms. The molecule has 2 heteroatoms. The monoisotopic (exact) mass is 414 g/mol. The van der Waals surface area contributed by atoms with Crippen LogP contribution >= 0.6 is 15.9 Å². The molecule has 4 aromatic rings. The number of halogens is 1. The number of aliphatic hydroxyl groups is 1. The Morgan fingerprint density at radius 3 is 1.74 bits per heavy atom. The van der Waals surface area contributed by atoms with Crippen LogP contribution in [0.5, 0.6) is 0 Å². The minimum Gasteiger partial charge on any atom is -0.376 e. The van der Waals surface area contributed by atoms with Crippen molar-refractivity contribution in [3.8, 4) is 11.1 Å². The number of benzene rings is 4. The average Bonchev–Trinajstić information content (AvgIpc) is 2.75. The van der Waals surface area contributed by atoms with Gasteiger partial charge in [-0.25, -0.2) is 0 Å². The highest BCUT2D eigenvalue weighted by Gasteiger charge is 2.35. The third kappa shape index (κ3) is 3.34. The highest BCUT2D eigenvalue weighted by molar-refractivity contribution is 9.10. The van der Waals surface area contributed by atoms with E-state index in [1.165, 1.54) is 0 Å². The van der Waals surface area contributed by atoms with E-state index in [1.54, 1.807) is 0 Å². The molecule has 0 saturated heterocycles. The SMILES string of the molecule is OC(c1ccccc1)(c1ccc(Br)cc1)c1ccccc1-c1ccccc1. The minimum absolute atomic E-state index is 0.834. The molecule has 0 heterocycles. The molecule has 0 aliphatic rings. The Hall–Kier alpha value is -2.68. The van der Waals surface area contributed by atoms with Gasteiger partial charge in [-0.05, 0) is 34.4 Å². The van der Waals surface area contributed by atoms with Crippen LogP contribution in [-0.4, -0.2) is 5.11 Å². The van der Waals surface area contributed by atoms with E-state index in [4.69, 9.17) is 0 Å². The van der Waals surface area contributed by atoms with E-state index >= 15 is 0 Å². The molecule has 0 radical (unpaired) electrons. The van der Waals surface area contributed by atoms with E-state index in [0.29, 0.717) is 0 Å². The molecule has 0 amide bonds. The lowest BCUT2D eigenvalue weighted by Gasteiger charge is -2.32. The zero-order chi connectivity index (χ0) is 18.7. The topological polar surface area (TPSA) is 20.2 Å². The highest BCUT2D eigenvalue weighted by atomic mass is 79.9. The van der Waals surface area contributed by atoms with Crippen molar-refractivity contribution in [2.75, 3.05) is 0 Å². The van der Waals surface area contributed by atoms with Crippen molar-refractivity contribution in [2.24, 2.45) is 0 Å². The van der Waals surface area contributed by atoms with Crippen molar-refractivity contribution in [3.63, 3.8) is 0 Å². The summed E-state index contributed by atoms with van der Waals surface area (Å²) in [6.07, 6.45) is 0. The second-order valence-corrected chi connectivity index (χ2v) is 7.41. The Kier molecular flexibility index (Phi) is 4.93. The molecule has 4 rings (SSSR count). The standard InChI is InChI=1S/C25H19BrO/c26-22-17-15-21(16-18-22)25(27,20-11-5-2-6-12-20)24-14-8-7-13-23(24)19-9-3-1-4-10-19/h1-18,27H. The average molecular weight is 415 g/mol. The van der Waals surface area contributed by atoms with E-state index in [-0.39, 0.29) is 0 Å². The first-order chi connectivity index (χ1) is 13.2. The predicted octanol–water partition coefficient (Wildman–Crippen LogP) is 6.40. The molecular formula is C25H19BrO. The Balaban J connectivity index is 2.00. The number of hydrogen-bond acceptors (Lipinski definition) is 1. The van der Waals surface area contributed by atoms with E-state index < -0.39 is 5.60 Å². The number of hydrogen-bond donors (Lipinski definition) is 1. The molecular weight excluding hydrogens is 396 g/mol. The zero-order valence-electron chi connectivity index (χ0n) is 14.7. The lowest BCUT2D eigenvalue weighted by atomic mass is 9.77. The first kappa shape index (κ1) is 17.7. The van der Waals surface area contributed by atoms with Crippen LogP contribution in [0.15, 0.2) is 114 Å². The van der Waals surface area contributed by atoms with Gasteiger partial charge in [0, 0.05) is 10.0 Å². The lowest BCUT2D eigenvalue weighted by molar-refractivity contribution is 0.126. The van der Waals surface area contributed by atoms with Crippen LogP contribution in [0.4, 0.5) is 0 Å². The molecule has 1 unspecified atom stereocenters. The molecule has 1 N–H and O–H groups in total. The predicted molar refractivity (Wildman–Crippen MR) is 115 cm³/mol. The lowest BCUT2D eigenvalue weighted by Crippen LogP contribution is -2.29. The Bertz CT molecular complexity index is 1030. The normalized spacial score (nSPS) is 13.1. The third-order valence-corrected chi connectivity index (χ3v) is 5.38. The van der Waals surface area contributed by atoms with Gasteiger partial charge in [0.25, 0.3) is 0 Å². The fourth-order valence-corrected chi connectivity index (χ4v) is 3.78. The summed E-state index contributed by atoms with van der Waals surface area (Å²) in [4.78, 5) is 0. The van der Waals surface area contributed by atoms with Crippen molar-refractivity contribution >= 4 is 15.9 Å². The molecule has 132 valence electrons. The maximum absolute atomic E-state index is 12.1. The molecule has 0 aromatic heterocycles. The molecule has 4 aromatic carbocycles. The van der Waals surface area contributed by atoms with Crippen LogP contribution in [-0.2, 0) is 5.60 Å². The van der Waals surface area contributed by atoms with E-state index in [1.807, 2.05) is 91.0 Å². The van der Waals surface area contributed by atoms with Crippen molar-refractivity contribution in [1.82, 2.24) is 0 Å². The van der Waals surface area contributed by atoms with Crippen LogP contribution in [0.2, 0.25) is 0 Å². The third-order valence-electron chi connectivity index (χ3n) is 4.86. The summed E-state index contributed by atoms with van der Waals surface area (Å²) in [6.45, 7) is 0. The molecule has 0 aliphatic heterocycles. The van der Waals surface area contributed by atoms with Gasteiger partial charge >= 0.3 is 0 Å². The molecule has 1 atom stereocenters. The Morgan fingerprint density at radius 2 is 1.07 bits per heavy atom. The van der Waals surface area contributed by atoms with E-state index in [9.17, 15) is 5.11 Å². The summed E-state index contributed by atoms with van der Waals surface area (Å²) in [6, 6.07) is 36.0. The number of rotatable bonds is 4. The largest absolute Gasteiger partial charge is 0.376 e. The van der Waals surface area contributed by atoms with Crippen LogP contribution in [0, 0.1) is 0 Å². The second-order valence-electron chi connectivity index (χ2n) is 6.49. The van der Waals surface area contributed by atoms with E-state index in [0.717, 1.165) is 32.3 Å². The van der Waals surface area contributed by atoms with Gasteiger partial charge in [0.1, 0.15) is 5.60 Å². The van der Waals surface area contributed by atoms with Gasteiger partial charge in [0.15, 0.2) is 0 Å². The summed E-state index contributed by atoms with van der Waals surface area (Å²) in [5, 5.41) is 12.1. The zero-order valence-corrected chi connectivity index (χ0v) is 16.3. The van der Waals surface area contributed by atoms with Crippen LogP contribution in [0.3, 0.4) is 0 Å². The van der Waals surface area contributed by atoms with Gasteiger partial charge < -0.3 is 5.11 Å². The first-order valence-electron chi connectivity index (χ1n) is 8.88. The van der Waals surface area contributed by atoms with Gasteiger partial charge in [0.2, 0.25) is 0 Å². The van der Waals surface area contributed by atoms with Crippen molar-refractivity contribution in [2.45, 2.75) is 5.60 Å². The van der Waals surface area contributed by atoms with Crippen molar-refractivity contribution in [3.05, 3.63) is 130 Å². The fourth-order valence-electron chi connectivity index (χ4n) is 3.52. The molecule has 0 saturated carbocycles. The maximum atomic E-state index is 12.1. The smallest absolute Gasteiger partial charge is 0.141 e. The summed E-state index contributed by atoms with van der Waals surface area (Å²) in [5.74, 6) is 0. The fraction of sp³-hybridized carbons (Fsp3) is 0.0400. The first-order valence-corrected chi connectivity index (χ1v) is 9.68. The summed E-state index contributed by atoms with van der Waals surface area (Å²) >= 11 is 3.49. The highest BCUT2D eigenvalue weighted by Crippen LogP contribution is 2.41. The summed E-state index contributed by atoms with van der Waals surface area (Å²) in [5.41, 5.74) is 3.39. The Labute approximate surface area is 168 Å². The van der Waals surface area contributed by atoms with Crippen LogP contribution in [0.25, 0.3) is 11.1 Å². The van der Waals surface area contributed by atoms with E-state index in [2.05, 4.69) is 34.1 Å². The molecule has 27 heavy (non-hydrogen) atoms. The molecule has 0 aliphatic carbocycles. The summed E-state index contributed by atoms with van der Waals surface area (Å²) < 4.78 is 0.984. The van der Waals surface area contributed by atoms with Gasteiger partial charge in [-0.2, -0.15) is 0 Å². The van der Waals surface area contributed by atoms with Gasteiger partial charge in [0.05, 0.1) is 0 Å². The van der Waals surface area contributed by atoms with Crippen molar-refractivity contribution in [1.29, 1.82) is 0 Å². The quantitative estimate of drug-likeness (QED) is 0.383. The van der Waals surface area contributed by atoms with Gasteiger partial charge in [-0.1, -0.05) is 113 Å². The minimum atomic E-state index is -1.26. The molecule has 0 fully saturated rings. The van der Waals surface area contributed by atoms with Gasteiger partial charge in [-0.15, -0.1) is 0 Å². The molecule has 1 nitrogen and oxygen atoms in total. The summed E-state index contributed by atoms with van der Waals surface area (Å²) in [7, 11) is 0. The maximum Gasteiger partial charge on any atom is 0.141 e. The van der Waals surface area contributed by atoms with Crippen LogP contribution < -0.4 is 0 Å². The van der Waals surface area contributed by atoms with Crippen molar-refractivity contribution < 1.29 is 5.11 Å². The van der Waals surface area contributed by atoms with Gasteiger partial charge in [-0.3, -0.25) is 0 Å². The Morgan fingerprint density at radius 1 is 0.556 bits per heavy atom. The van der Waals surface area contributed by atoms with Crippen LogP contribution in [0.1, 0.15) is 16.7 Å².